The highest BCUT2D eigenvalue weighted by molar-refractivity contribution is 7.46. The van der Waals surface area contributed by atoms with Gasteiger partial charge in [0.2, 0.25) is 23.6 Å². The number of nitrogens with one attached hydrogen (secondary N) is 2. The highest BCUT2D eigenvalue weighted by Gasteiger charge is 2.37. The summed E-state index contributed by atoms with van der Waals surface area (Å²) >= 11 is 0. The summed E-state index contributed by atoms with van der Waals surface area (Å²) in [5, 5.41) is 15.2. The normalized spacial score (nSPS) is 18.1. The Kier molecular flexibility index (Phi) is 15.5. The zero-order chi connectivity index (χ0) is 36.3. The van der Waals surface area contributed by atoms with E-state index in [1.807, 2.05) is 20.8 Å². The number of hydrogen-bond acceptors (Lipinski definition) is 10. The molecule has 6 atom stereocenters. The molecule has 18 heteroatoms. The average Bonchev–Trinajstić information content (AvgIpc) is 3.66. The number of phosphoric ester groups is 1. The van der Waals surface area contributed by atoms with Gasteiger partial charge in [-0.05, 0) is 39.0 Å². The van der Waals surface area contributed by atoms with Crippen LogP contribution < -0.4 is 16.4 Å². The lowest BCUT2D eigenvalue weighted by Gasteiger charge is -2.27. The molecule has 4 amide bonds. The number of nitrogens with zero attached hydrogens (tertiary/aromatic N) is 3. The quantitative estimate of drug-likeness (QED) is 0.0950. The molecule has 0 aliphatic carbocycles. The minimum Gasteiger partial charge on any atom is -0.394 e. The number of carbonyl (C=O) groups excluding carboxylic acids is 6. The Bertz CT molecular complexity index is 1360. The van der Waals surface area contributed by atoms with Crippen LogP contribution in [-0.2, 0) is 50.8 Å². The van der Waals surface area contributed by atoms with Crippen LogP contribution in [0.4, 0.5) is 0 Å². The highest BCUT2D eigenvalue weighted by atomic mass is 31.2. The van der Waals surface area contributed by atoms with E-state index in [0.717, 1.165) is 6.92 Å². The smallest absolute Gasteiger partial charge is 0.394 e. The van der Waals surface area contributed by atoms with Crippen molar-refractivity contribution in [2.75, 3.05) is 13.2 Å². The van der Waals surface area contributed by atoms with Crippen LogP contribution in [0.1, 0.15) is 72.4 Å². The van der Waals surface area contributed by atoms with Gasteiger partial charge >= 0.3 is 7.82 Å². The van der Waals surface area contributed by atoms with E-state index in [4.69, 9.17) is 15.5 Å². The van der Waals surface area contributed by atoms with Gasteiger partial charge < -0.3 is 40.7 Å². The van der Waals surface area contributed by atoms with Gasteiger partial charge in [0.05, 0.1) is 36.9 Å². The van der Waals surface area contributed by atoms with E-state index in [1.54, 1.807) is 10.9 Å². The van der Waals surface area contributed by atoms with Crippen LogP contribution in [0, 0.1) is 17.8 Å². The molecule has 270 valence electrons. The lowest BCUT2D eigenvalue weighted by atomic mass is 9.89. The van der Waals surface area contributed by atoms with Crippen LogP contribution in [0.15, 0.2) is 12.5 Å². The van der Waals surface area contributed by atoms with Gasteiger partial charge in [-0.3, -0.25) is 33.3 Å². The SMILES string of the molecule is CCn1cncc1C[C@H](CC(=O)[C@H](CC(C)C)NC(=O)[C@@H]1CCCN1C(C)=O)C(=O)N[C@@H](CO)C(=O)C[C@H](C(N)=O)[C@@H](C)OP(=O)(O)O. The van der Waals surface area contributed by atoms with E-state index in [0.29, 0.717) is 31.6 Å². The van der Waals surface area contributed by atoms with E-state index in [-0.39, 0.29) is 31.1 Å². The molecule has 0 aromatic carbocycles. The van der Waals surface area contributed by atoms with Crippen molar-refractivity contribution in [2.24, 2.45) is 23.5 Å². The molecule has 48 heavy (non-hydrogen) atoms. The summed E-state index contributed by atoms with van der Waals surface area (Å²) in [5.74, 6) is -6.49. The van der Waals surface area contributed by atoms with Gasteiger partial charge in [-0.1, -0.05) is 13.8 Å². The van der Waals surface area contributed by atoms with Gasteiger partial charge in [0.25, 0.3) is 0 Å². The molecule has 2 heterocycles. The zero-order valence-electron chi connectivity index (χ0n) is 28.0. The number of likely N-dealkylation sites (tertiary alicyclic amines) is 1. The maximum absolute atomic E-state index is 13.8. The van der Waals surface area contributed by atoms with E-state index in [9.17, 15) is 38.4 Å². The predicted octanol–water partition coefficient (Wildman–Crippen LogP) is -0.402. The van der Waals surface area contributed by atoms with Crippen molar-refractivity contribution in [2.45, 2.75) is 104 Å². The van der Waals surface area contributed by atoms with E-state index in [1.165, 1.54) is 18.0 Å². The lowest BCUT2D eigenvalue weighted by Crippen LogP contribution is -2.52. The first kappa shape index (κ1) is 40.7. The van der Waals surface area contributed by atoms with Crippen LogP contribution in [0.5, 0.6) is 0 Å². The Balaban J connectivity index is 2.30. The Hall–Kier alpha value is -3.50. The minimum atomic E-state index is -5.04. The van der Waals surface area contributed by atoms with Crippen LogP contribution in [-0.4, -0.2) is 102 Å². The summed E-state index contributed by atoms with van der Waals surface area (Å²) in [6.07, 6.45) is 1.93. The monoisotopic (exact) mass is 700 g/mol. The second-order valence-corrected chi connectivity index (χ2v) is 13.7. The van der Waals surface area contributed by atoms with Crippen molar-refractivity contribution in [1.82, 2.24) is 25.1 Å². The fourth-order valence-corrected chi connectivity index (χ4v) is 6.37. The number of aryl methyl sites for hydroxylation is 1. The second kappa shape index (κ2) is 18.3. The largest absolute Gasteiger partial charge is 0.469 e. The molecular formula is C30H49N6O11P. The van der Waals surface area contributed by atoms with Gasteiger partial charge in [-0.2, -0.15) is 0 Å². The molecule has 1 fully saturated rings. The van der Waals surface area contributed by atoms with E-state index >= 15 is 0 Å². The van der Waals surface area contributed by atoms with Crippen molar-refractivity contribution < 1.29 is 52.7 Å². The summed E-state index contributed by atoms with van der Waals surface area (Å²) in [4.78, 5) is 102. The molecule has 1 aromatic heterocycles. The summed E-state index contributed by atoms with van der Waals surface area (Å²) in [6.45, 7) is 8.18. The van der Waals surface area contributed by atoms with Crippen LogP contribution in [0.25, 0.3) is 0 Å². The maximum atomic E-state index is 13.8. The number of phosphoric acid groups is 1. The number of amides is 4. The predicted molar refractivity (Wildman–Crippen MR) is 170 cm³/mol. The third-order valence-corrected chi connectivity index (χ3v) is 8.94. The molecule has 0 saturated carbocycles. The molecule has 0 spiro atoms. The third-order valence-electron chi connectivity index (χ3n) is 8.33. The molecular weight excluding hydrogens is 651 g/mol. The number of primary amides is 1. The Labute approximate surface area is 279 Å². The van der Waals surface area contributed by atoms with Crippen LogP contribution in [0.3, 0.4) is 0 Å². The molecule has 1 aliphatic rings. The maximum Gasteiger partial charge on any atom is 0.469 e. The second-order valence-electron chi connectivity index (χ2n) is 12.5. The van der Waals surface area contributed by atoms with Gasteiger partial charge in [0.1, 0.15) is 12.1 Å². The number of hydrogen-bond donors (Lipinski definition) is 6. The van der Waals surface area contributed by atoms with Crippen molar-refractivity contribution >= 4 is 43.0 Å². The van der Waals surface area contributed by atoms with Gasteiger partial charge in [0, 0.05) is 51.2 Å². The van der Waals surface area contributed by atoms with Crippen molar-refractivity contribution in [1.29, 1.82) is 0 Å². The summed E-state index contributed by atoms with van der Waals surface area (Å²) in [7, 11) is -5.04. The lowest BCUT2D eigenvalue weighted by molar-refractivity contribution is -0.138. The Morgan fingerprint density at radius 1 is 1.08 bits per heavy atom. The molecule has 0 radical (unpaired) electrons. The van der Waals surface area contributed by atoms with Crippen molar-refractivity contribution in [3.8, 4) is 0 Å². The van der Waals surface area contributed by atoms with Gasteiger partial charge in [0.15, 0.2) is 11.6 Å². The molecule has 1 aromatic rings. The molecule has 7 N–H and O–H groups in total. The van der Waals surface area contributed by atoms with Crippen molar-refractivity contribution in [3.05, 3.63) is 18.2 Å². The standard InChI is InChI=1S/C30H49N6O11P/c1-6-35-16-32-14-21(35)11-20(12-26(39)23(10-17(2)3)33-30(43)25-8-7-9-36(25)19(5)38)29(42)34-24(15-37)27(40)13-22(28(31)41)18(4)47-48(44,45)46/h14,16-18,20,22-25,37H,6-13,15H2,1-5H3,(H2,31,41)(H,33,43)(H,34,42)(H2,44,45,46)/t18-,20-,22+,23+,24+,25+/m1/s1. The van der Waals surface area contributed by atoms with Crippen LogP contribution >= 0.6 is 7.82 Å². The number of aliphatic hydroxyl groups is 1. The van der Waals surface area contributed by atoms with Gasteiger partial charge in [-0.15, -0.1) is 0 Å². The number of imidazole rings is 1. The minimum absolute atomic E-state index is 0.0118. The average molecular weight is 701 g/mol. The summed E-state index contributed by atoms with van der Waals surface area (Å²) < 4.78 is 17.6. The number of aliphatic hydroxyl groups excluding tert-OH is 1. The Morgan fingerprint density at radius 2 is 1.73 bits per heavy atom. The third kappa shape index (κ3) is 12.2. The number of rotatable bonds is 20. The first-order chi connectivity index (χ1) is 22.4. The number of carbonyl (C=O) groups is 6. The zero-order valence-corrected chi connectivity index (χ0v) is 28.9. The van der Waals surface area contributed by atoms with E-state index in [2.05, 4.69) is 20.1 Å². The van der Waals surface area contributed by atoms with Gasteiger partial charge in [-0.25, -0.2) is 9.55 Å². The number of ketones is 2. The van der Waals surface area contributed by atoms with E-state index < -0.39 is 86.2 Å². The van der Waals surface area contributed by atoms with Crippen molar-refractivity contribution in [3.63, 3.8) is 0 Å². The first-order valence-electron chi connectivity index (χ1n) is 15.9. The fourth-order valence-electron chi connectivity index (χ4n) is 5.79. The topological polar surface area (TPSA) is 261 Å². The number of Topliss-reactive ketones (excluding diaryl/α,β-unsaturated/α-hetero) is 2. The molecule has 0 bridgehead atoms. The molecule has 1 aliphatic heterocycles. The molecule has 17 nitrogen and oxygen atoms in total. The van der Waals surface area contributed by atoms with Crippen LogP contribution in [0.2, 0.25) is 0 Å². The molecule has 0 unspecified atom stereocenters. The molecule has 2 rings (SSSR count). The molecule has 1 saturated heterocycles. The fraction of sp³-hybridized carbons (Fsp3) is 0.700. The summed E-state index contributed by atoms with van der Waals surface area (Å²) in [5.41, 5.74) is 5.96. The first-order valence-corrected chi connectivity index (χ1v) is 17.5. The number of aromatic nitrogens is 2. The highest BCUT2D eigenvalue weighted by Crippen LogP contribution is 2.39. The number of nitrogens with two attached hydrogens (primary N) is 1. The Morgan fingerprint density at radius 3 is 2.27 bits per heavy atom. The summed E-state index contributed by atoms with van der Waals surface area (Å²) in [6, 6.07) is -3.24.